The number of fused-ring (bicyclic) bond motifs is 1. The second kappa shape index (κ2) is 7.33. The van der Waals surface area contributed by atoms with Crippen molar-refractivity contribution in [2.24, 2.45) is 17.8 Å². The predicted molar refractivity (Wildman–Crippen MR) is 118 cm³/mol. The Hall–Kier alpha value is -2.95. The summed E-state index contributed by atoms with van der Waals surface area (Å²) < 4.78 is 6.31. The van der Waals surface area contributed by atoms with E-state index in [2.05, 4.69) is 18.8 Å². The molecule has 1 aromatic heterocycles. The maximum Gasteiger partial charge on any atom is 0.295 e. The molecular weight excluding hydrogens is 388 g/mol. The third-order valence-electron chi connectivity index (χ3n) is 7.25. The third kappa shape index (κ3) is 3.18. The Labute approximate surface area is 183 Å². The van der Waals surface area contributed by atoms with Crippen molar-refractivity contribution in [1.29, 1.82) is 0 Å². The zero-order valence-corrected chi connectivity index (χ0v) is 18.5. The van der Waals surface area contributed by atoms with Crippen LogP contribution in [-0.4, -0.2) is 22.8 Å². The summed E-state index contributed by atoms with van der Waals surface area (Å²) in [5.74, 6) is 1.32. The molecular formula is C26H28N2O3. The highest BCUT2D eigenvalue weighted by Gasteiger charge is 2.54. The predicted octanol–water partition coefficient (Wildman–Crippen LogP) is 4.69. The summed E-state index contributed by atoms with van der Waals surface area (Å²) in [6, 6.07) is 11.3. The van der Waals surface area contributed by atoms with Crippen molar-refractivity contribution in [2.75, 3.05) is 4.90 Å². The van der Waals surface area contributed by atoms with Gasteiger partial charge >= 0.3 is 0 Å². The van der Waals surface area contributed by atoms with Gasteiger partial charge in [-0.25, -0.2) is 4.98 Å². The van der Waals surface area contributed by atoms with E-state index in [9.17, 15) is 9.59 Å². The maximum atomic E-state index is 13.8. The van der Waals surface area contributed by atoms with Crippen molar-refractivity contribution >= 4 is 17.5 Å². The lowest BCUT2D eigenvalue weighted by molar-refractivity contribution is -0.134. The van der Waals surface area contributed by atoms with Crippen LogP contribution in [-0.2, 0) is 14.3 Å². The molecule has 2 aliphatic heterocycles. The second-order valence-electron chi connectivity index (χ2n) is 9.48. The normalized spacial score (nSPS) is 30.2. The molecule has 1 fully saturated rings. The van der Waals surface area contributed by atoms with E-state index in [1.54, 1.807) is 11.1 Å². The minimum Gasteiger partial charge on any atom is -0.483 e. The van der Waals surface area contributed by atoms with Gasteiger partial charge < -0.3 is 4.74 Å². The van der Waals surface area contributed by atoms with E-state index < -0.39 is 6.04 Å². The summed E-state index contributed by atoms with van der Waals surface area (Å²) in [5.41, 5.74) is 3.54. The molecule has 1 aliphatic carbocycles. The molecule has 1 saturated carbocycles. The van der Waals surface area contributed by atoms with Gasteiger partial charge in [0.15, 0.2) is 11.5 Å². The number of aromatic nitrogens is 1. The SMILES string of the molecule is Cc1ccc(C2C3=C(OC4CC(C)C(C)CC4C3=O)C(=O)N2c2cc(C)ccn2)cc1. The van der Waals surface area contributed by atoms with Crippen LogP contribution in [0.15, 0.2) is 53.9 Å². The van der Waals surface area contributed by atoms with Gasteiger partial charge in [0.2, 0.25) is 0 Å². The lowest BCUT2D eigenvalue weighted by Crippen LogP contribution is -2.43. The van der Waals surface area contributed by atoms with E-state index in [1.165, 1.54) is 0 Å². The number of carbonyl (C=O) groups excluding carboxylic acids is 2. The maximum absolute atomic E-state index is 13.8. The lowest BCUT2D eigenvalue weighted by atomic mass is 9.70. The van der Waals surface area contributed by atoms with E-state index in [1.807, 2.05) is 50.2 Å². The van der Waals surface area contributed by atoms with Gasteiger partial charge in [0.05, 0.1) is 17.5 Å². The van der Waals surface area contributed by atoms with Crippen LogP contribution in [0.5, 0.6) is 0 Å². The Morgan fingerprint density at radius 2 is 1.68 bits per heavy atom. The van der Waals surface area contributed by atoms with Gasteiger partial charge in [-0.05, 0) is 61.8 Å². The van der Waals surface area contributed by atoms with Gasteiger partial charge in [-0.3, -0.25) is 14.5 Å². The van der Waals surface area contributed by atoms with Gasteiger partial charge in [-0.2, -0.15) is 0 Å². The first kappa shape index (κ1) is 20.0. The van der Waals surface area contributed by atoms with Gasteiger partial charge in [-0.15, -0.1) is 0 Å². The second-order valence-corrected chi connectivity index (χ2v) is 9.48. The van der Waals surface area contributed by atoms with Crippen LogP contribution >= 0.6 is 0 Å². The molecule has 0 spiro atoms. The standard InChI is InChI=1S/C26H28N2O3/c1-14-5-7-18(8-6-14)23-22-24(29)19-12-16(3)17(4)13-20(19)31-25(22)26(30)28(23)21-11-15(2)9-10-27-21/h5-11,16-17,19-20,23H,12-13H2,1-4H3. The number of hydrogen-bond donors (Lipinski definition) is 0. The highest BCUT2D eigenvalue weighted by Crippen LogP contribution is 2.49. The molecule has 1 amide bonds. The summed E-state index contributed by atoms with van der Waals surface area (Å²) >= 11 is 0. The number of anilines is 1. The summed E-state index contributed by atoms with van der Waals surface area (Å²) in [7, 11) is 0. The van der Waals surface area contributed by atoms with Crippen LogP contribution in [0.4, 0.5) is 5.82 Å². The van der Waals surface area contributed by atoms with E-state index in [4.69, 9.17) is 4.74 Å². The van der Waals surface area contributed by atoms with Gasteiger partial charge in [0, 0.05) is 6.20 Å². The summed E-state index contributed by atoms with van der Waals surface area (Å²) in [5, 5.41) is 0. The monoisotopic (exact) mass is 416 g/mol. The number of ether oxygens (including phenoxy) is 1. The van der Waals surface area contributed by atoms with Crippen LogP contribution < -0.4 is 4.90 Å². The molecule has 31 heavy (non-hydrogen) atoms. The van der Waals surface area contributed by atoms with Crippen LogP contribution in [0, 0.1) is 31.6 Å². The number of pyridine rings is 1. The molecule has 3 aliphatic rings. The number of hydrogen-bond acceptors (Lipinski definition) is 4. The van der Waals surface area contributed by atoms with Crippen molar-refractivity contribution in [2.45, 2.75) is 52.7 Å². The van der Waals surface area contributed by atoms with Crippen LogP contribution in [0.3, 0.4) is 0 Å². The molecule has 5 heteroatoms. The van der Waals surface area contributed by atoms with Crippen molar-refractivity contribution in [3.63, 3.8) is 0 Å². The topological polar surface area (TPSA) is 59.5 Å². The molecule has 0 N–H and O–H groups in total. The first-order valence-corrected chi connectivity index (χ1v) is 11.1. The summed E-state index contributed by atoms with van der Waals surface area (Å²) in [6.07, 6.45) is 3.09. The zero-order valence-electron chi connectivity index (χ0n) is 18.5. The van der Waals surface area contributed by atoms with Crippen LogP contribution in [0.1, 0.15) is 49.4 Å². The van der Waals surface area contributed by atoms with E-state index in [0.29, 0.717) is 23.2 Å². The number of Topliss-reactive ketones (excluding diaryl/α,β-unsaturated/α-hetero) is 1. The number of rotatable bonds is 2. The molecule has 3 heterocycles. The zero-order chi connectivity index (χ0) is 21.9. The van der Waals surface area contributed by atoms with Crippen molar-refractivity contribution in [3.05, 3.63) is 70.6 Å². The number of nitrogens with zero attached hydrogens (tertiary/aromatic N) is 2. The Morgan fingerprint density at radius 1 is 0.968 bits per heavy atom. The molecule has 5 rings (SSSR count). The lowest BCUT2D eigenvalue weighted by Gasteiger charge is -2.40. The van der Waals surface area contributed by atoms with Gasteiger partial charge in [-0.1, -0.05) is 43.7 Å². The number of benzene rings is 1. The average Bonchev–Trinajstić information content (AvgIpc) is 3.03. The molecule has 1 aromatic carbocycles. The molecule has 0 bridgehead atoms. The molecule has 5 nitrogen and oxygen atoms in total. The summed E-state index contributed by atoms with van der Waals surface area (Å²) in [4.78, 5) is 33.5. The van der Waals surface area contributed by atoms with Gasteiger partial charge in [0.1, 0.15) is 11.9 Å². The van der Waals surface area contributed by atoms with Gasteiger partial charge in [0.25, 0.3) is 5.91 Å². The fraction of sp³-hybridized carbons (Fsp3) is 0.423. The Bertz CT molecular complexity index is 1090. The highest BCUT2D eigenvalue weighted by molar-refractivity contribution is 6.17. The smallest absolute Gasteiger partial charge is 0.295 e. The van der Waals surface area contributed by atoms with Crippen LogP contribution in [0.2, 0.25) is 0 Å². The fourth-order valence-corrected chi connectivity index (χ4v) is 5.21. The molecule has 5 unspecified atom stereocenters. The Balaban J connectivity index is 1.64. The van der Waals surface area contributed by atoms with Crippen LogP contribution in [0.25, 0.3) is 0 Å². The minimum absolute atomic E-state index is 0.0686. The van der Waals surface area contributed by atoms with Crippen molar-refractivity contribution in [3.8, 4) is 0 Å². The fourth-order valence-electron chi connectivity index (χ4n) is 5.21. The highest BCUT2D eigenvalue weighted by atomic mass is 16.5. The number of aryl methyl sites for hydroxylation is 2. The number of carbonyl (C=O) groups is 2. The Morgan fingerprint density at radius 3 is 2.39 bits per heavy atom. The third-order valence-corrected chi connectivity index (χ3v) is 7.25. The molecule has 160 valence electrons. The quantitative estimate of drug-likeness (QED) is 0.713. The minimum atomic E-state index is -0.513. The molecule has 0 radical (unpaired) electrons. The van der Waals surface area contributed by atoms with Crippen molar-refractivity contribution in [1.82, 2.24) is 4.98 Å². The average molecular weight is 417 g/mol. The largest absolute Gasteiger partial charge is 0.483 e. The first-order valence-electron chi connectivity index (χ1n) is 11.1. The molecule has 2 aromatic rings. The van der Waals surface area contributed by atoms with Crippen molar-refractivity contribution < 1.29 is 14.3 Å². The molecule has 5 atom stereocenters. The number of amides is 1. The first-order chi connectivity index (χ1) is 14.8. The van der Waals surface area contributed by atoms with E-state index in [-0.39, 0.29) is 29.5 Å². The van der Waals surface area contributed by atoms with E-state index >= 15 is 0 Å². The number of ketones is 1. The molecule has 0 saturated heterocycles. The Kier molecular flexibility index (Phi) is 4.72. The van der Waals surface area contributed by atoms with E-state index in [0.717, 1.165) is 29.5 Å². The summed E-state index contributed by atoms with van der Waals surface area (Å²) in [6.45, 7) is 8.41.